The number of urea groups is 1. The highest BCUT2D eigenvalue weighted by atomic mass is 32.1. The molecule has 0 aliphatic carbocycles. The predicted octanol–water partition coefficient (Wildman–Crippen LogP) is 1.84. The van der Waals surface area contributed by atoms with Gasteiger partial charge in [0.25, 0.3) is 5.91 Å². The Morgan fingerprint density at radius 3 is 2.93 bits per heavy atom. The van der Waals surface area contributed by atoms with Gasteiger partial charge in [0, 0.05) is 6.54 Å². The molecule has 2 aromatic rings. The SMILES string of the molecule is CCN1C(=O)NC(c2ccsc2)C2=C1CN(CC(=O)NCc1ccco1)C2=O. The van der Waals surface area contributed by atoms with Crippen LogP contribution >= 0.6 is 11.3 Å². The third kappa shape index (κ3) is 3.29. The van der Waals surface area contributed by atoms with Crippen LogP contribution in [0, 0.1) is 0 Å². The van der Waals surface area contributed by atoms with Gasteiger partial charge in [-0.25, -0.2) is 4.79 Å². The lowest BCUT2D eigenvalue weighted by Crippen LogP contribution is -2.47. The van der Waals surface area contributed by atoms with Gasteiger partial charge in [0.15, 0.2) is 0 Å². The molecule has 0 spiro atoms. The largest absolute Gasteiger partial charge is 0.467 e. The number of rotatable bonds is 6. The second-order valence-electron chi connectivity index (χ2n) is 6.56. The molecule has 0 radical (unpaired) electrons. The van der Waals surface area contributed by atoms with Crippen LogP contribution in [0.5, 0.6) is 0 Å². The lowest BCUT2D eigenvalue weighted by molar-refractivity contribution is -0.132. The van der Waals surface area contributed by atoms with Gasteiger partial charge in [-0.2, -0.15) is 11.3 Å². The number of furan rings is 1. The average molecular weight is 400 g/mol. The van der Waals surface area contributed by atoms with E-state index in [2.05, 4.69) is 10.6 Å². The maximum atomic E-state index is 13.1. The van der Waals surface area contributed by atoms with Gasteiger partial charge < -0.3 is 20.0 Å². The summed E-state index contributed by atoms with van der Waals surface area (Å²) in [5.41, 5.74) is 2.09. The number of nitrogens with zero attached hydrogens (tertiary/aromatic N) is 2. The molecule has 1 atom stereocenters. The molecule has 1 unspecified atom stereocenters. The van der Waals surface area contributed by atoms with E-state index in [1.165, 1.54) is 22.5 Å². The summed E-state index contributed by atoms with van der Waals surface area (Å²) in [4.78, 5) is 40.9. The first-order valence-corrected chi connectivity index (χ1v) is 9.94. The van der Waals surface area contributed by atoms with E-state index in [0.717, 1.165) is 5.56 Å². The summed E-state index contributed by atoms with van der Waals surface area (Å²) in [6.07, 6.45) is 1.54. The highest BCUT2D eigenvalue weighted by Crippen LogP contribution is 2.36. The van der Waals surface area contributed by atoms with Gasteiger partial charge >= 0.3 is 6.03 Å². The zero-order valence-corrected chi connectivity index (χ0v) is 16.1. The molecule has 0 saturated carbocycles. The molecule has 0 aromatic carbocycles. The first kappa shape index (κ1) is 18.3. The summed E-state index contributed by atoms with van der Waals surface area (Å²) in [7, 11) is 0. The molecule has 4 amide bonds. The summed E-state index contributed by atoms with van der Waals surface area (Å²) in [6, 6.07) is 4.70. The number of thiophene rings is 1. The van der Waals surface area contributed by atoms with Crippen LogP contribution < -0.4 is 10.6 Å². The number of carbonyl (C=O) groups is 3. The summed E-state index contributed by atoms with van der Waals surface area (Å²) in [6.45, 7) is 2.74. The molecule has 4 heterocycles. The minimum absolute atomic E-state index is 0.0748. The Kier molecular flexibility index (Phi) is 4.91. The van der Waals surface area contributed by atoms with Crippen molar-refractivity contribution in [2.75, 3.05) is 19.6 Å². The summed E-state index contributed by atoms with van der Waals surface area (Å²) >= 11 is 1.51. The number of hydrogen-bond acceptors (Lipinski definition) is 5. The Morgan fingerprint density at radius 1 is 1.39 bits per heavy atom. The van der Waals surface area contributed by atoms with Crippen molar-refractivity contribution >= 4 is 29.2 Å². The van der Waals surface area contributed by atoms with Crippen molar-refractivity contribution < 1.29 is 18.8 Å². The molecule has 4 rings (SSSR count). The van der Waals surface area contributed by atoms with Crippen molar-refractivity contribution in [3.05, 3.63) is 57.8 Å². The van der Waals surface area contributed by atoms with Crippen molar-refractivity contribution in [1.29, 1.82) is 0 Å². The summed E-state index contributed by atoms with van der Waals surface area (Å²) < 4.78 is 5.19. The van der Waals surface area contributed by atoms with Gasteiger partial charge in [0.05, 0.1) is 36.7 Å². The lowest BCUT2D eigenvalue weighted by Gasteiger charge is -2.32. The molecule has 8 nitrogen and oxygen atoms in total. The molecule has 2 aliphatic heterocycles. The number of likely N-dealkylation sites (N-methyl/N-ethyl adjacent to an activating group) is 1. The standard InChI is InChI=1S/C19H20N4O4S/c1-2-23-14-9-22(10-15(24)20-8-13-4-3-6-27-13)18(25)16(14)17(21-19(23)26)12-5-7-28-11-12/h3-7,11,17H,2,8-10H2,1H3,(H,20,24)(H,21,26). The van der Waals surface area contributed by atoms with E-state index < -0.39 is 6.04 Å². The Bertz CT molecular complexity index is 920. The fourth-order valence-electron chi connectivity index (χ4n) is 3.53. The maximum Gasteiger partial charge on any atom is 0.322 e. The van der Waals surface area contributed by atoms with Gasteiger partial charge in [-0.1, -0.05) is 0 Å². The van der Waals surface area contributed by atoms with Gasteiger partial charge in [-0.15, -0.1) is 0 Å². The Labute approximate surface area is 165 Å². The fourth-order valence-corrected chi connectivity index (χ4v) is 4.21. The number of amides is 4. The average Bonchev–Trinajstić information content (AvgIpc) is 3.42. The van der Waals surface area contributed by atoms with Crippen LogP contribution in [0.15, 0.2) is 50.9 Å². The third-order valence-corrected chi connectivity index (χ3v) is 5.57. The maximum absolute atomic E-state index is 13.1. The predicted molar refractivity (Wildman–Crippen MR) is 102 cm³/mol. The van der Waals surface area contributed by atoms with Crippen LogP contribution in [0.1, 0.15) is 24.3 Å². The van der Waals surface area contributed by atoms with Crippen molar-refractivity contribution in [3.8, 4) is 0 Å². The lowest BCUT2D eigenvalue weighted by atomic mass is 9.98. The van der Waals surface area contributed by atoms with Crippen molar-refractivity contribution in [3.63, 3.8) is 0 Å². The van der Waals surface area contributed by atoms with Gasteiger partial charge in [0.1, 0.15) is 12.3 Å². The van der Waals surface area contributed by atoms with Crippen LogP contribution in [-0.4, -0.2) is 47.3 Å². The Balaban J connectivity index is 1.51. The second kappa shape index (κ2) is 7.51. The number of carbonyl (C=O) groups excluding carboxylic acids is 3. The van der Waals surface area contributed by atoms with Crippen LogP contribution in [-0.2, 0) is 16.1 Å². The zero-order chi connectivity index (χ0) is 19.7. The highest BCUT2D eigenvalue weighted by Gasteiger charge is 2.44. The van der Waals surface area contributed by atoms with E-state index in [-0.39, 0.29) is 37.5 Å². The fraction of sp³-hybridized carbons (Fsp3) is 0.316. The number of hydrogen-bond donors (Lipinski definition) is 2. The minimum Gasteiger partial charge on any atom is -0.467 e. The molecule has 0 saturated heterocycles. The molecule has 0 bridgehead atoms. The van der Waals surface area contributed by atoms with Gasteiger partial charge in [0.2, 0.25) is 5.91 Å². The molecule has 2 aliphatic rings. The smallest absolute Gasteiger partial charge is 0.322 e. The van der Waals surface area contributed by atoms with Crippen LogP contribution in [0.25, 0.3) is 0 Å². The first-order chi connectivity index (χ1) is 13.6. The van der Waals surface area contributed by atoms with E-state index in [1.807, 2.05) is 23.8 Å². The molecule has 2 aromatic heterocycles. The summed E-state index contributed by atoms with van der Waals surface area (Å²) in [5.74, 6) is 0.139. The first-order valence-electron chi connectivity index (χ1n) is 9.00. The van der Waals surface area contributed by atoms with Crippen LogP contribution in [0.3, 0.4) is 0 Å². The minimum atomic E-state index is -0.486. The van der Waals surface area contributed by atoms with E-state index in [9.17, 15) is 14.4 Å². The van der Waals surface area contributed by atoms with E-state index in [0.29, 0.717) is 23.6 Å². The van der Waals surface area contributed by atoms with Crippen molar-refractivity contribution in [1.82, 2.24) is 20.4 Å². The number of nitrogens with one attached hydrogen (secondary N) is 2. The zero-order valence-electron chi connectivity index (χ0n) is 15.3. The van der Waals surface area contributed by atoms with E-state index in [1.54, 1.807) is 17.0 Å². The van der Waals surface area contributed by atoms with E-state index >= 15 is 0 Å². The normalized spacial score (nSPS) is 19.1. The third-order valence-electron chi connectivity index (χ3n) is 4.86. The van der Waals surface area contributed by atoms with E-state index in [4.69, 9.17) is 4.42 Å². The molecule has 0 fully saturated rings. The van der Waals surface area contributed by atoms with Crippen molar-refractivity contribution in [2.45, 2.75) is 19.5 Å². The molecular formula is C19H20N4O4S. The molecule has 28 heavy (non-hydrogen) atoms. The second-order valence-corrected chi connectivity index (χ2v) is 7.34. The van der Waals surface area contributed by atoms with Crippen LogP contribution in [0.2, 0.25) is 0 Å². The highest BCUT2D eigenvalue weighted by molar-refractivity contribution is 7.08. The quantitative estimate of drug-likeness (QED) is 0.774. The Morgan fingerprint density at radius 2 is 2.25 bits per heavy atom. The van der Waals surface area contributed by atoms with Crippen molar-refractivity contribution in [2.24, 2.45) is 0 Å². The van der Waals surface area contributed by atoms with Crippen LogP contribution in [0.4, 0.5) is 4.79 Å². The van der Waals surface area contributed by atoms with Gasteiger partial charge in [-0.05, 0) is 41.4 Å². The topological polar surface area (TPSA) is 94.9 Å². The molecule has 2 N–H and O–H groups in total. The Hall–Kier alpha value is -3.07. The molecule has 9 heteroatoms. The molecule has 146 valence electrons. The molecular weight excluding hydrogens is 380 g/mol. The van der Waals surface area contributed by atoms with Gasteiger partial charge in [-0.3, -0.25) is 14.5 Å². The summed E-state index contributed by atoms with van der Waals surface area (Å²) in [5, 5.41) is 9.49. The monoisotopic (exact) mass is 400 g/mol.